The van der Waals surface area contributed by atoms with E-state index in [0.717, 1.165) is 22.5 Å². The molecule has 0 bridgehead atoms. The number of para-hydroxylation sites is 3. The molecule has 6 nitrogen and oxygen atoms in total. The Labute approximate surface area is 167 Å². The lowest BCUT2D eigenvalue weighted by molar-refractivity contribution is -0.116. The average molecular weight is 385 g/mol. The quantitative estimate of drug-likeness (QED) is 0.555. The molecule has 4 aromatic rings. The number of imidazole rings is 1. The van der Waals surface area contributed by atoms with Gasteiger partial charge in [0.2, 0.25) is 12.7 Å². The molecule has 29 heavy (non-hydrogen) atoms. The predicted octanol–water partition coefficient (Wildman–Crippen LogP) is 4.33. The van der Waals surface area contributed by atoms with Crippen LogP contribution in [0.3, 0.4) is 0 Å². The van der Waals surface area contributed by atoms with Gasteiger partial charge in [0.1, 0.15) is 5.82 Å². The highest BCUT2D eigenvalue weighted by atomic mass is 16.7. The Morgan fingerprint density at radius 3 is 2.66 bits per heavy atom. The highest BCUT2D eigenvalue weighted by Gasteiger charge is 2.16. The minimum atomic E-state index is -0.0736. The van der Waals surface area contributed by atoms with Crippen molar-refractivity contribution in [3.8, 4) is 17.2 Å². The molecule has 1 N–H and O–H groups in total. The molecule has 0 atom stereocenters. The lowest BCUT2D eigenvalue weighted by Crippen LogP contribution is -2.13. The molecule has 0 radical (unpaired) electrons. The van der Waals surface area contributed by atoms with Crippen molar-refractivity contribution in [3.63, 3.8) is 0 Å². The van der Waals surface area contributed by atoms with Gasteiger partial charge in [-0.3, -0.25) is 9.36 Å². The molecular weight excluding hydrogens is 366 g/mol. The monoisotopic (exact) mass is 385 g/mol. The lowest BCUT2D eigenvalue weighted by Gasteiger charge is -2.10. The Balaban J connectivity index is 1.36. The van der Waals surface area contributed by atoms with Crippen LogP contribution in [-0.2, 0) is 11.2 Å². The fourth-order valence-corrected chi connectivity index (χ4v) is 3.53. The summed E-state index contributed by atoms with van der Waals surface area (Å²) in [5, 5.41) is 2.92. The topological polar surface area (TPSA) is 65.4 Å². The van der Waals surface area contributed by atoms with Crippen LogP contribution in [0.15, 0.2) is 72.8 Å². The van der Waals surface area contributed by atoms with E-state index in [-0.39, 0.29) is 12.7 Å². The van der Waals surface area contributed by atoms with E-state index in [1.54, 1.807) is 12.1 Å². The summed E-state index contributed by atoms with van der Waals surface area (Å²) in [4.78, 5) is 17.3. The number of amides is 1. The van der Waals surface area contributed by atoms with Crippen LogP contribution in [0.25, 0.3) is 16.7 Å². The van der Waals surface area contributed by atoms with Gasteiger partial charge in [0.25, 0.3) is 0 Å². The van der Waals surface area contributed by atoms with E-state index in [1.807, 2.05) is 60.7 Å². The van der Waals surface area contributed by atoms with E-state index in [2.05, 4.69) is 9.88 Å². The molecule has 0 aliphatic carbocycles. The number of carbonyl (C=O) groups is 1. The van der Waals surface area contributed by atoms with Gasteiger partial charge in [0.15, 0.2) is 11.5 Å². The minimum Gasteiger partial charge on any atom is -0.454 e. The highest BCUT2D eigenvalue weighted by molar-refractivity contribution is 5.91. The van der Waals surface area contributed by atoms with Crippen molar-refractivity contribution in [3.05, 3.63) is 78.6 Å². The Bertz CT molecular complexity index is 1180. The zero-order valence-corrected chi connectivity index (χ0v) is 15.7. The normalized spacial score (nSPS) is 12.3. The third kappa shape index (κ3) is 3.40. The summed E-state index contributed by atoms with van der Waals surface area (Å²) in [5.74, 6) is 2.13. The van der Waals surface area contributed by atoms with E-state index >= 15 is 0 Å². The molecule has 0 spiro atoms. The van der Waals surface area contributed by atoms with Crippen molar-refractivity contribution in [1.29, 1.82) is 0 Å². The third-order valence-electron chi connectivity index (χ3n) is 4.88. The number of hydrogen-bond donors (Lipinski definition) is 1. The van der Waals surface area contributed by atoms with Crippen molar-refractivity contribution >= 4 is 22.6 Å². The van der Waals surface area contributed by atoms with Gasteiger partial charge in [0.05, 0.1) is 11.0 Å². The largest absolute Gasteiger partial charge is 0.454 e. The van der Waals surface area contributed by atoms with E-state index in [1.165, 1.54) is 0 Å². The van der Waals surface area contributed by atoms with Gasteiger partial charge in [-0.25, -0.2) is 4.98 Å². The first-order chi connectivity index (χ1) is 14.3. The number of rotatable bonds is 5. The van der Waals surface area contributed by atoms with Gasteiger partial charge < -0.3 is 14.8 Å². The van der Waals surface area contributed by atoms with Crippen LogP contribution in [0, 0.1) is 0 Å². The Morgan fingerprint density at radius 2 is 1.76 bits per heavy atom. The first kappa shape index (κ1) is 17.3. The number of fused-ring (bicyclic) bond motifs is 2. The highest BCUT2D eigenvalue weighted by Crippen LogP contribution is 2.34. The van der Waals surface area contributed by atoms with Gasteiger partial charge in [0, 0.05) is 30.3 Å². The number of anilines is 1. The van der Waals surface area contributed by atoms with Crippen LogP contribution < -0.4 is 14.8 Å². The number of benzene rings is 3. The van der Waals surface area contributed by atoms with Crippen molar-refractivity contribution in [1.82, 2.24) is 9.55 Å². The summed E-state index contributed by atoms with van der Waals surface area (Å²) >= 11 is 0. The molecule has 6 heteroatoms. The summed E-state index contributed by atoms with van der Waals surface area (Å²) in [6.45, 7) is 0.211. The van der Waals surface area contributed by atoms with Crippen LogP contribution in [0.1, 0.15) is 12.2 Å². The van der Waals surface area contributed by atoms with Gasteiger partial charge in [-0.05, 0) is 36.4 Å². The molecule has 0 unspecified atom stereocenters. The first-order valence-corrected chi connectivity index (χ1v) is 9.49. The van der Waals surface area contributed by atoms with E-state index in [0.29, 0.717) is 30.0 Å². The number of hydrogen-bond acceptors (Lipinski definition) is 4. The Morgan fingerprint density at radius 1 is 0.966 bits per heavy atom. The van der Waals surface area contributed by atoms with Gasteiger partial charge in [-0.2, -0.15) is 0 Å². The number of aromatic nitrogens is 2. The maximum Gasteiger partial charge on any atom is 0.231 e. The lowest BCUT2D eigenvalue weighted by atomic mass is 10.2. The number of nitrogens with one attached hydrogen (secondary N) is 1. The number of ether oxygens (including phenoxy) is 2. The van der Waals surface area contributed by atoms with Crippen LogP contribution in [0.5, 0.6) is 11.5 Å². The average Bonchev–Trinajstić information content (AvgIpc) is 3.36. The molecule has 3 aromatic carbocycles. The number of aryl methyl sites for hydroxylation is 1. The maximum atomic E-state index is 12.5. The second-order valence-corrected chi connectivity index (χ2v) is 6.80. The fourth-order valence-electron chi connectivity index (χ4n) is 3.53. The fraction of sp³-hybridized carbons (Fsp3) is 0.130. The molecule has 5 rings (SSSR count). The summed E-state index contributed by atoms with van der Waals surface area (Å²) in [5.41, 5.74) is 3.68. The Hall–Kier alpha value is -3.80. The van der Waals surface area contributed by atoms with Crippen LogP contribution in [0.4, 0.5) is 5.69 Å². The second kappa shape index (κ2) is 7.31. The minimum absolute atomic E-state index is 0.0736. The van der Waals surface area contributed by atoms with E-state index in [9.17, 15) is 4.79 Å². The second-order valence-electron chi connectivity index (χ2n) is 6.80. The predicted molar refractivity (Wildman–Crippen MR) is 111 cm³/mol. The number of carbonyl (C=O) groups excluding carboxylic acids is 1. The molecule has 1 aliphatic heterocycles. The van der Waals surface area contributed by atoms with Crippen molar-refractivity contribution in [2.75, 3.05) is 12.1 Å². The number of nitrogens with zero attached hydrogens (tertiary/aromatic N) is 2. The zero-order valence-electron chi connectivity index (χ0n) is 15.7. The molecule has 1 aromatic heterocycles. The molecular formula is C23H19N3O3. The van der Waals surface area contributed by atoms with Crippen molar-refractivity contribution < 1.29 is 14.3 Å². The van der Waals surface area contributed by atoms with Crippen molar-refractivity contribution in [2.45, 2.75) is 12.8 Å². The SMILES string of the molecule is O=C(CCc1nc2ccccc2n1-c1ccccc1)Nc1ccc2c(c1)OCO2. The standard InChI is InChI=1S/C23H19N3O3/c27-23(24-16-10-11-20-21(14-16)29-15-28-20)13-12-22-25-18-8-4-5-9-19(18)26(22)17-6-2-1-3-7-17/h1-11,14H,12-13,15H2,(H,24,27). The summed E-state index contributed by atoms with van der Waals surface area (Å²) in [7, 11) is 0. The smallest absolute Gasteiger partial charge is 0.231 e. The van der Waals surface area contributed by atoms with Gasteiger partial charge >= 0.3 is 0 Å². The van der Waals surface area contributed by atoms with Crippen molar-refractivity contribution in [2.24, 2.45) is 0 Å². The molecule has 1 amide bonds. The molecule has 2 heterocycles. The van der Waals surface area contributed by atoms with E-state index in [4.69, 9.17) is 14.5 Å². The van der Waals surface area contributed by atoms with Crippen LogP contribution in [0.2, 0.25) is 0 Å². The summed E-state index contributed by atoms with van der Waals surface area (Å²) in [6.07, 6.45) is 0.852. The van der Waals surface area contributed by atoms with Gasteiger partial charge in [-0.1, -0.05) is 30.3 Å². The molecule has 144 valence electrons. The third-order valence-corrected chi connectivity index (χ3v) is 4.88. The zero-order chi connectivity index (χ0) is 19.6. The molecule has 0 saturated carbocycles. The molecule has 1 aliphatic rings. The molecule has 0 saturated heterocycles. The van der Waals surface area contributed by atoms with Crippen LogP contribution in [-0.4, -0.2) is 22.3 Å². The molecule has 0 fully saturated rings. The van der Waals surface area contributed by atoms with E-state index < -0.39 is 0 Å². The maximum absolute atomic E-state index is 12.5. The van der Waals surface area contributed by atoms with Gasteiger partial charge in [-0.15, -0.1) is 0 Å². The summed E-state index contributed by atoms with van der Waals surface area (Å²) in [6, 6.07) is 23.5. The Kier molecular flexibility index (Phi) is 4.37. The van der Waals surface area contributed by atoms with Crippen LogP contribution >= 0.6 is 0 Å². The summed E-state index contributed by atoms with van der Waals surface area (Å²) < 4.78 is 12.8. The first-order valence-electron chi connectivity index (χ1n) is 9.49.